The van der Waals surface area contributed by atoms with Crippen LogP contribution in [0.4, 0.5) is 0 Å². The van der Waals surface area contributed by atoms with Crippen LogP contribution in [0.5, 0.6) is 0 Å². The predicted octanol–water partition coefficient (Wildman–Crippen LogP) is -1.08. The zero-order valence-electron chi connectivity index (χ0n) is 2.61. The van der Waals surface area contributed by atoms with Gasteiger partial charge >= 0.3 is 37.4 Å². The molecule has 0 fully saturated rings. The van der Waals surface area contributed by atoms with Crippen molar-refractivity contribution in [2.75, 3.05) is 0 Å². The molecule has 40 valence electrons. The van der Waals surface area contributed by atoms with E-state index in [4.69, 9.17) is 15.0 Å². The minimum absolute atomic E-state index is 0. The van der Waals surface area contributed by atoms with Crippen molar-refractivity contribution in [2.24, 2.45) is 0 Å². The van der Waals surface area contributed by atoms with E-state index >= 15 is 0 Å². The van der Waals surface area contributed by atoms with E-state index in [1.54, 1.807) is 0 Å². The number of rotatable bonds is 1. The second-order valence-electron chi connectivity index (χ2n) is 0.572. The van der Waals surface area contributed by atoms with E-state index in [1.807, 2.05) is 0 Å². The van der Waals surface area contributed by atoms with Gasteiger partial charge in [0.05, 0.1) is 0 Å². The molecule has 0 aliphatic carbocycles. The minimum atomic E-state index is -4.59. The second-order valence-corrected chi connectivity index (χ2v) is 1.72. The first-order chi connectivity index (χ1) is 2.56. The third-order valence-electron chi connectivity index (χ3n) is 0.106. The van der Waals surface area contributed by atoms with E-state index in [9.17, 15) is 4.57 Å². The van der Waals surface area contributed by atoms with Crippen molar-refractivity contribution < 1.29 is 24.3 Å². The summed E-state index contributed by atoms with van der Waals surface area (Å²) in [7, 11) is -4.59. The molecule has 0 spiro atoms. The molecular formula is H4NaO5P. The van der Waals surface area contributed by atoms with Gasteiger partial charge in [-0.1, -0.05) is 0 Å². The molecule has 7 heteroatoms. The van der Waals surface area contributed by atoms with Gasteiger partial charge in [0, 0.05) is 0 Å². The van der Waals surface area contributed by atoms with Gasteiger partial charge in [-0.2, -0.15) is 0 Å². The molecule has 0 heterocycles. The molecule has 3 N–H and O–H groups in total. The SMILES string of the molecule is O=P(O)(O)OO.[NaH]. The molecule has 0 amide bonds. The van der Waals surface area contributed by atoms with Crippen molar-refractivity contribution in [3.8, 4) is 0 Å². The number of hydrogen-bond donors (Lipinski definition) is 3. The van der Waals surface area contributed by atoms with Crippen molar-refractivity contribution in [2.45, 2.75) is 0 Å². The molecule has 0 radical (unpaired) electrons. The number of hydrogen-bond acceptors (Lipinski definition) is 3. The Kier molecular flexibility index (Phi) is 6.26. The third kappa shape index (κ3) is 11.0. The van der Waals surface area contributed by atoms with Crippen molar-refractivity contribution in [3.63, 3.8) is 0 Å². The Hall–Kier alpha value is 1.07. The van der Waals surface area contributed by atoms with Gasteiger partial charge in [-0.25, -0.2) is 9.82 Å². The molecule has 0 aromatic carbocycles. The molecule has 0 saturated heterocycles. The quantitative estimate of drug-likeness (QED) is 0.185. The van der Waals surface area contributed by atoms with Gasteiger partial charge in [0.1, 0.15) is 0 Å². The fourth-order valence-electron chi connectivity index (χ4n) is 0. The molecule has 0 aliphatic heterocycles. The van der Waals surface area contributed by atoms with Gasteiger partial charge in [0.2, 0.25) is 0 Å². The second kappa shape index (κ2) is 4.00. The van der Waals surface area contributed by atoms with Crippen molar-refractivity contribution in [1.82, 2.24) is 0 Å². The average Bonchev–Trinajstić information content (AvgIpc) is 1.35. The summed E-state index contributed by atoms with van der Waals surface area (Å²) in [5, 5.41) is 7.14. The molecule has 0 aromatic heterocycles. The van der Waals surface area contributed by atoms with Crippen LogP contribution in [-0.4, -0.2) is 44.6 Å². The molecule has 0 rings (SSSR count). The standard InChI is InChI=1S/Na.H3O5P.H/c;1-5-6(2,3)4;/h;1H,(H2,2,3,4);. The van der Waals surface area contributed by atoms with Gasteiger partial charge in [-0.3, -0.25) is 0 Å². The molecule has 0 atom stereocenters. The van der Waals surface area contributed by atoms with E-state index in [0.717, 1.165) is 0 Å². The van der Waals surface area contributed by atoms with Crippen molar-refractivity contribution in [3.05, 3.63) is 0 Å². The Bertz CT molecular complexity index is 72.1. The maximum absolute atomic E-state index is 9.22. The zero-order chi connectivity index (χ0) is 5.21. The van der Waals surface area contributed by atoms with Gasteiger partial charge in [0.25, 0.3) is 0 Å². The molecule has 0 aromatic rings. The summed E-state index contributed by atoms with van der Waals surface area (Å²) in [5.74, 6) is 0. The molecule has 7 heavy (non-hydrogen) atoms. The molecular weight excluding hydrogens is 134 g/mol. The van der Waals surface area contributed by atoms with Crippen LogP contribution in [0.2, 0.25) is 0 Å². The third-order valence-corrected chi connectivity index (χ3v) is 0.319. The van der Waals surface area contributed by atoms with Gasteiger partial charge < -0.3 is 9.79 Å². The van der Waals surface area contributed by atoms with Crippen LogP contribution in [0, 0.1) is 0 Å². The summed E-state index contributed by atoms with van der Waals surface area (Å²) in [6.07, 6.45) is 0. The van der Waals surface area contributed by atoms with Gasteiger partial charge in [-0.15, -0.1) is 4.67 Å². The van der Waals surface area contributed by atoms with E-state index in [2.05, 4.69) is 4.67 Å². The molecule has 0 unspecified atom stereocenters. The number of phosphoric acid groups is 1. The Morgan fingerprint density at radius 1 is 1.43 bits per heavy atom. The molecule has 5 nitrogen and oxygen atoms in total. The van der Waals surface area contributed by atoms with E-state index in [0.29, 0.717) is 0 Å². The van der Waals surface area contributed by atoms with E-state index < -0.39 is 7.82 Å². The van der Waals surface area contributed by atoms with Crippen LogP contribution in [0.1, 0.15) is 0 Å². The first-order valence-corrected chi connectivity index (χ1v) is 2.48. The summed E-state index contributed by atoms with van der Waals surface area (Å²) in [6.45, 7) is 0. The fourth-order valence-corrected chi connectivity index (χ4v) is 0. The van der Waals surface area contributed by atoms with Crippen molar-refractivity contribution >= 4 is 37.4 Å². The van der Waals surface area contributed by atoms with Crippen LogP contribution in [0.25, 0.3) is 0 Å². The Labute approximate surface area is 61.8 Å². The maximum atomic E-state index is 9.22. The van der Waals surface area contributed by atoms with Crippen LogP contribution in [-0.2, 0) is 9.24 Å². The monoisotopic (exact) mass is 138 g/mol. The first-order valence-electron chi connectivity index (χ1n) is 0.948. The zero-order valence-corrected chi connectivity index (χ0v) is 3.50. The average molecular weight is 138 g/mol. The molecule has 0 saturated carbocycles. The Balaban J connectivity index is 0. The Morgan fingerprint density at radius 2 is 1.57 bits per heavy atom. The summed E-state index contributed by atoms with van der Waals surface area (Å²) in [6, 6.07) is 0. The van der Waals surface area contributed by atoms with Crippen LogP contribution >= 0.6 is 7.82 Å². The first kappa shape index (κ1) is 10.9. The summed E-state index contributed by atoms with van der Waals surface area (Å²) in [4.78, 5) is 14.9. The summed E-state index contributed by atoms with van der Waals surface area (Å²) < 4.78 is 11.8. The molecule has 0 bridgehead atoms. The topological polar surface area (TPSA) is 87.0 Å². The Morgan fingerprint density at radius 3 is 1.57 bits per heavy atom. The van der Waals surface area contributed by atoms with Crippen LogP contribution < -0.4 is 0 Å². The normalized spacial score (nSPS) is 10.1. The van der Waals surface area contributed by atoms with Crippen LogP contribution in [0.15, 0.2) is 0 Å². The summed E-state index contributed by atoms with van der Waals surface area (Å²) >= 11 is 0. The van der Waals surface area contributed by atoms with E-state index in [1.165, 1.54) is 0 Å². The van der Waals surface area contributed by atoms with Crippen LogP contribution in [0.3, 0.4) is 0 Å². The summed E-state index contributed by atoms with van der Waals surface area (Å²) in [5.41, 5.74) is 0. The van der Waals surface area contributed by atoms with Gasteiger partial charge in [0.15, 0.2) is 0 Å². The van der Waals surface area contributed by atoms with Crippen molar-refractivity contribution in [1.29, 1.82) is 0 Å². The van der Waals surface area contributed by atoms with Gasteiger partial charge in [-0.05, 0) is 0 Å². The fraction of sp³-hybridized carbons (Fsp3) is 0. The van der Waals surface area contributed by atoms with E-state index in [-0.39, 0.29) is 29.6 Å². The molecule has 0 aliphatic rings. The predicted molar refractivity (Wildman–Crippen MR) is 22.9 cm³/mol.